The number of halogens is 1. The van der Waals surface area contributed by atoms with Gasteiger partial charge in [-0.2, -0.15) is 0 Å². The summed E-state index contributed by atoms with van der Waals surface area (Å²) >= 11 is 6.45. The fourth-order valence-corrected chi connectivity index (χ4v) is 3.90. The summed E-state index contributed by atoms with van der Waals surface area (Å²) in [5, 5.41) is 18.9. The zero-order chi connectivity index (χ0) is 19.1. The first-order chi connectivity index (χ1) is 12.4. The monoisotopic (exact) mass is 380 g/mol. The van der Waals surface area contributed by atoms with E-state index in [0.29, 0.717) is 19.4 Å². The predicted octanol–water partition coefficient (Wildman–Crippen LogP) is 4.49. The molecular weight excluding hydrogens is 352 g/mol. The summed E-state index contributed by atoms with van der Waals surface area (Å²) in [5.41, 5.74) is 2.41. The van der Waals surface area contributed by atoms with Crippen LogP contribution in [-0.4, -0.2) is 34.3 Å². The fourth-order valence-electron chi connectivity index (χ4n) is 3.43. The maximum atomic E-state index is 10.5. The van der Waals surface area contributed by atoms with Crippen molar-refractivity contribution >= 4 is 17.6 Å². The molecule has 4 atom stereocenters. The van der Waals surface area contributed by atoms with Crippen molar-refractivity contribution in [3.05, 3.63) is 41.5 Å². The predicted molar refractivity (Wildman–Crippen MR) is 104 cm³/mol. The van der Waals surface area contributed by atoms with Crippen molar-refractivity contribution in [3.8, 4) is 5.75 Å². The topological polar surface area (TPSA) is 66.8 Å². The van der Waals surface area contributed by atoms with Gasteiger partial charge in [0.25, 0.3) is 0 Å². The first-order valence-electron chi connectivity index (χ1n) is 9.27. The molecule has 0 spiro atoms. The van der Waals surface area contributed by atoms with Crippen LogP contribution in [-0.2, 0) is 4.79 Å². The Morgan fingerprint density at radius 2 is 2.04 bits per heavy atom. The molecule has 0 saturated heterocycles. The van der Waals surface area contributed by atoms with Crippen molar-refractivity contribution in [1.82, 2.24) is 0 Å². The van der Waals surface area contributed by atoms with E-state index < -0.39 is 12.1 Å². The molecule has 1 fully saturated rings. The number of rotatable bonds is 9. The number of aryl methyl sites for hydroxylation is 2. The van der Waals surface area contributed by atoms with Crippen LogP contribution in [0.4, 0.5) is 0 Å². The highest BCUT2D eigenvalue weighted by atomic mass is 35.5. The Balaban J connectivity index is 1.87. The molecule has 1 aliphatic carbocycles. The van der Waals surface area contributed by atoms with Crippen LogP contribution < -0.4 is 4.74 Å². The van der Waals surface area contributed by atoms with E-state index in [-0.39, 0.29) is 23.6 Å². The molecule has 0 bridgehead atoms. The Morgan fingerprint density at radius 3 is 2.73 bits per heavy atom. The molecule has 2 rings (SSSR count). The van der Waals surface area contributed by atoms with Crippen LogP contribution in [0.15, 0.2) is 30.4 Å². The van der Waals surface area contributed by atoms with Gasteiger partial charge in [-0.1, -0.05) is 18.2 Å². The van der Waals surface area contributed by atoms with Crippen LogP contribution in [0, 0.1) is 25.7 Å². The molecule has 5 heteroatoms. The van der Waals surface area contributed by atoms with Gasteiger partial charge in [-0.15, -0.1) is 11.6 Å². The van der Waals surface area contributed by atoms with Crippen LogP contribution >= 0.6 is 11.6 Å². The summed E-state index contributed by atoms with van der Waals surface area (Å²) in [5.74, 6) is 0.222. The average molecular weight is 381 g/mol. The molecule has 2 N–H and O–H groups in total. The van der Waals surface area contributed by atoms with E-state index in [1.54, 1.807) is 0 Å². The van der Waals surface area contributed by atoms with Gasteiger partial charge in [0.1, 0.15) is 5.75 Å². The lowest BCUT2D eigenvalue weighted by molar-refractivity contribution is -0.137. The average Bonchev–Trinajstić information content (AvgIpc) is 2.85. The number of benzene rings is 1. The minimum atomic E-state index is -0.762. The Morgan fingerprint density at radius 1 is 1.27 bits per heavy atom. The highest BCUT2D eigenvalue weighted by molar-refractivity contribution is 6.21. The first-order valence-corrected chi connectivity index (χ1v) is 9.71. The zero-order valence-corrected chi connectivity index (χ0v) is 16.3. The number of alkyl halides is 1. The molecule has 0 unspecified atom stereocenters. The van der Waals surface area contributed by atoms with E-state index in [1.165, 1.54) is 11.1 Å². The smallest absolute Gasteiger partial charge is 0.303 e. The van der Waals surface area contributed by atoms with Gasteiger partial charge in [-0.3, -0.25) is 4.79 Å². The van der Waals surface area contributed by atoms with Crippen LogP contribution in [0.1, 0.15) is 43.2 Å². The van der Waals surface area contributed by atoms with E-state index in [9.17, 15) is 9.90 Å². The van der Waals surface area contributed by atoms with Crippen molar-refractivity contribution in [3.63, 3.8) is 0 Å². The highest BCUT2D eigenvalue weighted by Crippen LogP contribution is 2.39. The molecule has 4 nitrogen and oxygen atoms in total. The minimum absolute atomic E-state index is 0.00257. The number of ether oxygens (including phenoxy) is 1. The first kappa shape index (κ1) is 20.8. The van der Waals surface area contributed by atoms with E-state index in [2.05, 4.69) is 19.9 Å². The maximum absolute atomic E-state index is 10.5. The number of allylic oxidation sites excluding steroid dienone is 2. The third-order valence-electron chi connectivity index (χ3n) is 5.23. The molecule has 0 radical (unpaired) electrons. The summed E-state index contributed by atoms with van der Waals surface area (Å²) in [7, 11) is 0. The molecule has 1 aromatic carbocycles. The number of carboxylic acids is 1. The second kappa shape index (κ2) is 9.98. The minimum Gasteiger partial charge on any atom is -0.493 e. The number of aliphatic carboxylic acids is 1. The molecule has 0 aromatic heterocycles. The van der Waals surface area contributed by atoms with Crippen LogP contribution in [0.25, 0.3) is 0 Å². The van der Waals surface area contributed by atoms with Gasteiger partial charge < -0.3 is 14.9 Å². The second-order valence-electron chi connectivity index (χ2n) is 7.20. The summed E-state index contributed by atoms with van der Waals surface area (Å²) < 4.78 is 5.94. The lowest BCUT2D eigenvalue weighted by Gasteiger charge is -2.23. The lowest BCUT2D eigenvalue weighted by Crippen LogP contribution is -2.27. The zero-order valence-electron chi connectivity index (χ0n) is 15.5. The number of hydrogen-bond acceptors (Lipinski definition) is 3. The van der Waals surface area contributed by atoms with Crippen molar-refractivity contribution in [1.29, 1.82) is 0 Å². The normalized spacial score (nSPS) is 25.7. The molecule has 26 heavy (non-hydrogen) atoms. The molecule has 0 aliphatic heterocycles. The molecule has 1 aromatic rings. The van der Waals surface area contributed by atoms with Crippen molar-refractivity contribution < 1.29 is 19.7 Å². The number of hydrogen-bond donors (Lipinski definition) is 2. The van der Waals surface area contributed by atoms with Gasteiger partial charge in [0.2, 0.25) is 0 Å². The number of carbonyl (C=O) groups is 1. The Kier molecular flexibility index (Phi) is 7.98. The fraction of sp³-hybridized carbons (Fsp3) is 0.571. The Bertz CT molecular complexity index is 628. The molecule has 0 amide bonds. The molecule has 1 saturated carbocycles. The van der Waals surface area contributed by atoms with Crippen LogP contribution in [0.2, 0.25) is 0 Å². The van der Waals surface area contributed by atoms with Crippen molar-refractivity contribution in [2.75, 3.05) is 6.61 Å². The number of unbranched alkanes of at least 4 members (excludes halogenated alkanes) is 1. The SMILES string of the molecule is Cc1ccc(OC[C@@H]2[C@@H](C/C=C\CCCC(=O)O)[C@H](Cl)C[C@H]2O)cc1C. The van der Waals surface area contributed by atoms with Gasteiger partial charge >= 0.3 is 5.97 Å². The maximum Gasteiger partial charge on any atom is 0.303 e. The second-order valence-corrected chi connectivity index (χ2v) is 7.76. The number of carboxylic acid groups (broad SMARTS) is 1. The van der Waals surface area contributed by atoms with Gasteiger partial charge in [0.05, 0.1) is 12.7 Å². The third-order valence-corrected chi connectivity index (χ3v) is 5.73. The van der Waals surface area contributed by atoms with E-state index >= 15 is 0 Å². The molecule has 144 valence electrons. The number of aliphatic hydroxyl groups excluding tert-OH is 1. The quantitative estimate of drug-likeness (QED) is 0.376. The molecule has 1 aliphatic rings. The van der Waals surface area contributed by atoms with Crippen LogP contribution in [0.3, 0.4) is 0 Å². The summed E-state index contributed by atoms with van der Waals surface area (Å²) in [6.07, 6.45) is 6.56. The molecular formula is C21H29ClO4. The van der Waals surface area contributed by atoms with Crippen LogP contribution in [0.5, 0.6) is 5.75 Å². The summed E-state index contributed by atoms with van der Waals surface area (Å²) in [6, 6.07) is 6.02. The van der Waals surface area contributed by atoms with E-state index in [1.807, 2.05) is 24.3 Å². The Labute approximate surface area is 160 Å². The van der Waals surface area contributed by atoms with Crippen molar-refractivity contribution in [2.45, 2.75) is 57.4 Å². The van der Waals surface area contributed by atoms with E-state index in [4.69, 9.17) is 21.4 Å². The third kappa shape index (κ3) is 6.03. The standard InChI is InChI=1S/C21H29ClO4/c1-14-9-10-16(11-15(14)2)26-13-18-17(19(22)12-20(18)23)7-5-3-4-6-8-21(24)25/h3,5,9-11,17-20,23H,4,6-8,12-13H2,1-2H3,(H,24,25)/b5-3-/t17-,18-,19-,20-/m1/s1. The van der Waals surface area contributed by atoms with Gasteiger partial charge in [0.15, 0.2) is 0 Å². The lowest BCUT2D eigenvalue weighted by atomic mass is 9.92. The molecule has 0 heterocycles. The Hall–Kier alpha value is -1.52. The van der Waals surface area contributed by atoms with Gasteiger partial charge in [-0.25, -0.2) is 0 Å². The summed E-state index contributed by atoms with van der Waals surface area (Å²) in [6.45, 7) is 4.57. The van der Waals surface area contributed by atoms with Gasteiger partial charge in [0, 0.05) is 17.7 Å². The van der Waals surface area contributed by atoms with Gasteiger partial charge in [-0.05, 0) is 68.7 Å². The number of aliphatic hydroxyl groups is 1. The summed E-state index contributed by atoms with van der Waals surface area (Å²) in [4.78, 5) is 10.5. The van der Waals surface area contributed by atoms with E-state index in [0.717, 1.165) is 18.6 Å². The van der Waals surface area contributed by atoms with Crippen molar-refractivity contribution in [2.24, 2.45) is 11.8 Å². The largest absolute Gasteiger partial charge is 0.493 e. The highest BCUT2D eigenvalue weighted by Gasteiger charge is 2.41.